The molecule has 1 atom stereocenters. The second kappa shape index (κ2) is 7.73. The van der Waals surface area contributed by atoms with Crippen molar-refractivity contribution in [1.29, 1.82) is 0 Å². The third-order valence-electron chi connectivity index (χ3n) is 4.65. The third-order valence-corrected chi connectivity index (χ3v) is 4.65. The van der Waals surface area contributed by atoms with Crippen molar-refractivity contribution < 1.29 is 4.74 Å². The number of likely N-dealkylation sites (tertiary alicyclic amines) is 1. The van der Waals surface area contributed by atoms with Crippen molar-refractivity contribution in [2.75, 3.05) is 40.3 Å². The summed E-state index contributed by atoms with van der Waals surface area (Å²) in [6, 6.07) is 4.80. The van der Waals surface area contributed by atoms with Crippen LogP contribution >= 0.6 is 0 Å². The highest BCUT2D eigenvalue weighted by Crippen LogP contribution is 2.25. The van der Waals surface area contributed by atoms with Crippen molar-refractivity contribution >= 4 is 0 Å². The number of methoxy groups -OCH3 is 1. The minimum atomic E-state index is 0.224. The van der Waals surface area contributed by atoms with E-state index >= 15 is 0 Å². The lowest BCUT2D eigenvalue weighted by Crippen LogP contribution is -2.45. The first-order chi connectivity index (χ1) is 10.2. The molecule has 0 bridgehead atoms. The number of hydrogen-bond acceptors (Lipinski definition) is 5. The molecule has 21 heavy (non-hydrogen) atoms. The first-order valence-electron chi connectivity index (χ1n) is 7.83. The highest BCUT2D eigenvalue weighted by atomic mass is 16.5. The topological polar surface area (TPSA) is 54.6 Å². The maximum atomic E-state index is 6.03. The Hall–Kier alpha value is -1.17. The van der Waals surface area contributed by atoms with E-state index in [4.69, 9.17) is 10.5 Å². The molecule has 5 nitrogen and oxygen atoms in total. The molecule has 1 saturated heterocycles. The summed E-state index contributed by atoms with van der Waals surface area (Å²) in [6.07, 6.45) is 4.31. The maximum Gasteiger partial charge on any atom is 0.212 e. The minimum Gasteiger partial charge on any atom is -0.481 e. The molecule has 1 unspecified atom stereocenters. The molecule has 1 fully saturated rings. The summed E-state index contributed by atoms with van der Waals surface area (Å²) in [5, 5.41) is 0. The van der Waals surface area contributed by atoms with Crippen LogP contribution in [0.5, 0.6) is 5.88 Å². The molecular formula is C16H28N4O. The number of nitrogens with zero attached hydrogens (tertiary/aromatic N) is 3. The molecular weight excluding hydrogens is 264 g/mol. The molecule has 1 aromatic heterocycles. The molecule has 118 valence electrons. The molecule has 2 N–H and O–H groups in total. The summed E-state index contributed by atoms with van der Waals surface area (Å²) in [5.41, 5.74) is 7.19. The Kier molecular flexibility index (Phi) is 5.96. The van der Waals surface area contributed by atoms with E-state index in [1.54, 1.807) is 7.11 Å². The van der Waals surface area contributed by atoms with Crippen molar-refractivity contribution in [3.05, 3.63) is 23.9 Å². The number of pyridine rings is 1. The summed E-state index contributed by atoms with van der Waals surface area (Å²) in [5.74, 6) is 0.647. The van der Waals surface area contributed by atoms with Crippen LogP contribution < -0.4 is 10.5 Å². The number of ether oxygens (including phenoxy) is 1. The van der Waals surface area contributed by atoms with Crippen LogP contribution in [-0.2, 0) is 0 Å². The molecule has 0 saturated carbocycles. The Balaban J connectivity index is 2.02. The molecule has 0 spiro atoms. The van der Waals surface area contributed by atoms with Crippen LogP contribution in [0.4, 0.5) is 0 Å². The molecule has 1 aromatic rings. The van der Waals surface area contributed by atoms with Gasteiger partial charge in [0, 0.05) is 30.9 Å². The second-order valence-electron chi connectivity index (χ2n) is 5.72. The van der Waals surface area contributed by atoms with Crippen molar-refractivity contribution in [3.63, 3.8) is 0 Å². The maximum absolute atomic E-state index is 6.03. The largest absolute Gasteiger partial charge is 0.481 e. The summed E-state index contributed by atoms with van der Waals surface area (Å²) < 4.78 is 5.12. The van der Waals surface area contributed by atoms with E-state index in [-0.39, 0.29) is 6.04 Å². The van der Waals surface area contributed by atoms with Gasteiger partial charge in [0.1, 0.15) is 0 Å². The van der Waals surface area contributed by atoms with Crippen molar-refractivity contribution in [3.8, 4) is 5.88 Å². The fourth-order valence-electron chi connectivity index (χ4n) is 3.14. The van der Waals surface area contributed by atoms with Crippen LogP contribution in [0.15, 0.2) is 18.3 Å². The Labute approximate surface area is 128 Å². The van der Waals surface area contributed by atoms with E-state index < -0.39 is 0 Å². The predicted molar refractivity (Wildman–Crippen MR) is 85.5 cm³/mol. The molecule has 2 heterocycles. The molecule has 0 radical (unpaired) electrons. The zero-order valence-corrected chi connectivity index (χ0v) is 13.5. The molecule has 5 heteroatoms. The van der Waals surface area contributed by atoms with Gasteiger partial charge in [0.2, 0.25) is 5.88 Å². The van der Waals surface area contributed by atoms with Gasteiger partial charge in [-0.3, -0.25) is 4.90 Å². The lowest BCUT2D eigenvalue weighted by atomic mass is 9.99. The summed E-state index contributed by atoms with van der Waals surface area (Å²) in [6.45, 7) is 6.36. The third kappa shape index (κ3) is 3.93. The van der Waals surface area contributed by atoms with Gasteiger partial charge in [0.25, 0.3) is 0 Å². The number of nitrogens with two attached hydrogens (primary N) is 1. The van der Waals surface area contributed by atoms with Gasteiger partial charge < -0.3 is 15.4 Å². The number of likely N-dealkylation sites (N-methyl/N-ethyl adjacent to an activating group) is 1. The normalized spacial score (nSPS) is 18.9. The van der Waals surface area contributed by atoms with Crippen LogP contribution in [0.3, 0.4) is 0 Å². The Bertz CT molecular complexity index is 415. The number of aromatic nitrogens is 1. The molecule has 0 aromatic carbocycles. The molecule has 0 amide bonds. The number of rotatable bonds is 6. The van der Waals surface area contributed by atoms with Gasteiger partial charge in [-0.1, -0.05) is 13.0 Å². The van der Waals surface area contributed by atoms with Crippen LogP contribution in [0, 0.1) is 0 Å². The van der Waals surface area contributed by atoms with Crippen LogP contribution in [0.1, 0.15) is 31.4 Å². The first kappa shape index (κ1) is 16.2. The van der Waals surface area contributed by atoms with E-state index in [2.05, 4.69) is 34.8 Å². The van der Waals surface area contributed by atoms with Gasteiger partial charge >= 0.3 is 0 Å². The van der Waals surface area contributed by atoms with E-state index in [1.807, 2.05) is 12.3 Å². The first-order valence-corrected chi connectivity index (χ1v) is 7.83. The molecule has 1 aliphatic rings. The predicted octanol–water partition coefficient (Wildman–Crippen LogP) is 1.51. The zero-order chi connectivity index (χ0) is 15.2. The second-order valence-corrected chi connectivity index (χ2v) is 5.72. The molecule has 0 aliphatic carbocycles. The molecule has 1 aliphatic heterocycles. The van der Waals surface area contributed by atoms with Crippen molar-refractivity contribution in [2.24, 2.45) is 5.73 Å². The monoisotopic (exact) mass is 292 g/mol. The molecule has 2 rings (SSSR count). The van der Waals surface area contributed by atoms with E-state index in [1.165, 1.54) is 31.5 Å². The Morgan fingerprint density at radius 2 is 2.14 bits per heavy atom. The summed E-state index contributed by atoms with van der Waals surface area (Å²) >= 11 is 0. The van der Waals surface area contributed by atoms with Gasteiger partial charge in [-0.2, -0.15) is 0 Å². The average molecular weight is 292 g/mol. The fourth-order valence-corrected chi connectivity index (χ4v) is 3.14. The fraction of sp³-hybridized carbons (Fsp3) is 0.688. The highest BCUT2D eigenvalue weighted by Gasteiger charge is 2.26. The van der Waals surface area contributed by atoms with Gasteiger partial charge in [0.05, 0.1) is 7.11 Å². The minimum absolute atomic E-state index is 0.224. The van der Waals surface area contributed by atoms with Crippen molar-refractivity contribution in [2.45, 2.75) is 31.8 Å². The van der Waals surface area contributed by atoms with Crippen LogP contribution in [0.2, 0.25) is 0 Å². The zero-order valence-electron chi connectivity index (χ0n) is 13.5. The lowest BCUT2D eigenvalue weighted by molar-refractivity contribution is 0.101. The number of hydrogen-bond donors (Lipinski definition) is 1. The lowest BCUT2D eigenvalue weighted by Gasteiger charge is -2.40. The van der Waals surface area contributed by atoms with E-state index in [0.717, 1.165) is 6.54 Å². The SMILES string of the molecule is CCN1CCC(N(C)C(CN)c2ccc(OC)nc2)CC1. The highest BCUT2D eigenvalue weighted by molar-refractivity contribution is 5.21. The van der Waals surface area contributed by atoms with Gasteiger partial charge in [0.15, 0.2) is 0 Å². The van der Waals surface area contributed by atoms with Gasteiger partial charge in [-0.25, -0.2) is 4.98 Å². The van der Waals surface area contributed by atoms with Crippen LogP contribution in [0.25, 0.3) is 0 Å². The number of piperidine rings is 1. The quantitative estimate of drug-likeness (QED) is 0.861. The Morgan fingerprint density at radius 3 is 2.62 bits per heavy atom. The average Bonchev–Trinajstić information content (AvgIpc) is 2.56. The summed E-state index contributed by atoms with van der Waals surface area (Å²) in [7, 11) is 3.82. The van der Waals surface area contributed by atoms with Crippen LogP contribution in [-0.4, -0.2) is 61.2 Å². The van der Waals surface area contributed by atoms with Crippen molar-refractivity contribution in [1.82, 2.24) is 14.8 Å². The van der Waals surface area contributed by atoms with E-state index in [0.29, 0.717) is 18.5 Å². The Morgan fingerprint density at radius 1 is 1.43 bits per heavy atom. The summed E-state index contributed by atoms with van der Waals surface area (Å²) in [4.78, 5) is 9.24. The van der Waals surface area contributed by atoms with Gasteiger partial charge in [-0.15, -0.1) is 0 Å². The van der Waals surface area contributed by atoms with E-state index in [9.17, 15) is 0 Å². The standard InChI is InChI=1S/C16H28N4O/c1-4-20-9-7-14(8-10-20)19(2)15(11-17)13-5-6-16(21-3)18-12-13/h5-6,12,14-15H,4,7-11,17H2,1-3H3. The van der Waals surface area contributed by atoms with Gasteiger partial charge in [-0.05, 0) is 45.1 Å². The smallest absolute Gasteiger partial charge is 0.212 e.